The number of fused-ring (bicyclic) bond motifs is 3. The monoisotopic (exact) mass is 533 g/mol. The molecule has 7 rings (SSSR count). The van der Waals surface area contributed by atoms with E-state index in [-0.39, 0.29) is 5.91 Å². The van der Waals surface area contributed by atoms with Crippen LogP contribution >= 0.6 is 0 Å². The molecule has 1 aliphatic heterocycles. The molecule has 0 unspecified atom stereocenters. The van der Waals surface area contributed by atoms with Crippen LogP contribution in [0.1, 0.15) is 11.1 Å². The lowest BCUT2D eigenvalue weighted by Crippen LogP contribution is -2.29. The maximum absolute atomic E-state index is 11.4. The highest BCUT2D eigenvalue weighted by molar-refractivity contribution is 6.11. The van der Waals surface area contributed by atoms with Crippen LogP contribution in [0.5, 0.6) is 0 Å². The number of nitrogens with zero attached hydrogens (tertiary/aromatic N) is 1. The summed E-state index contributed by atoms with van der Waals surface area (Å²) in [7, 11) is 1.60. The number of ether oxygens (including phenoxy) is 1. The summed E-state index contributed by atoms with van der Waals surface area (Å²) in [4.78, 5) is 11.4. The fourth-order valence-electron chi connectivity index (χ4n) is 5.59. The summed E-state index contributed by atoms with van der Waals surface area (Å²) in [5, 5.41) is 5.22. The number of nitrogens with one attached hydrogen (secondary N) is 1. The standard InChI is InChI=1S/C36H27N3O2/c1-41-22-32(37)27-9-5-7-23(17-27)25-13-15-30-31-16-14-26(24-8-6-10-28(18-24)33-21-36(40)38-33)20-35(31)39(34(30)19-25)29-11-3-2-4-12-29/h2-22H,37H2,1H3,(H,38,40)/b32-22-. The van der Waals surface area contributed by atoms with Crippen LogP contribution in [0.25, 0.3) is 61.1 Å². The molecule has 0 aliphatic carbocycles. The third-order valence-electron chi connectivity index (χ3n) is 7.60. The van der Waals surface area contributed by atoms with Gasteiger partial charge < -0.3 is 20.4 Å². The van der Waals surface area contributed by atoms with Crippen molar-refractivity contribution in [1.82, 2.24) is 9.88 Å². The summed E-state index contributed by atoms with van der Waals surface area (Å²) in [5.74, 6) is -0.0554. The first kappa shape index (κ1) is 24.5. The summed E-state index contributed by atoms with van der Waals surface area (Å²) in [6, 6.07) is 40.2. The second kappa shape index (κ2) is 9.88. The fraction of sp³-hybridized carbons (Fsp3) is 0.0278. The summed E-state index contributed by atoms with van der Waals surface area (Å²) in [6.07, 6.45) is 3.19. The van der Waals surface area contributed by atoms with E-state index in [1.165, 1.54) is 10.8 Å². The van der Waals surface area contributed by atoms with Gasteiger partial charge in [0.15, 0.2) is 0 Å². The highest BCUT2D eigenvalue weighted by Crippen LogP contribution is 2.37. The van der Waals surface area contributed by atoms with Crippen molar-refractivity contribution in [3.8, 4) is 27.9 Å². The Labute approximate surface area is 237 Å². The van der Waals surface area contributed by atoms with Gasteiger partial charge in [-0.3, -0.25) is 4.79 Å². The number of carbonyl (C=O) groups is 1. The topological polar surface area (TPSA) is 69.3 Å². The predicted molar refractivity (Wildman–Crippen MR) is 167 cm³/mol. The lowest BCUT2D eigenvalue weighted by atomic mass is 9.98. The second-order valence-corrected chi connectivity index (χ2v) is 10.2. The van der Waals surface area contributed by atoms with Crippen molar-refractivity contribution in [3.05, 3.63) is 139 Å². The second-order valence-electron chi connectivity index (χ2n) is 10.2. The van der Waals surface area contributed by atoms with Crippen molar-refractivity contribution < 1.29 is 9.53 Å². The molecule has 41 heavy (non-hydrogen) atoms. The lowest BCUT2D eigenvalue weighted by Gasteiger charge is -2.17. The highest BCUT2D eigenvalue weighted by Gasteiger charge is 2.17. The van der Waals surface area contributed by atoms with E-state index in [0.717, 1.165) is 55.8 Å². The SMILES string of the molecule is CO/C=C(\N)c1cccc(-c2ccc3c4ccc(-c5cccc(C6=CC(=O)N6)c5)cc4n(-c4ccccc4)c3c2)c1. The van der Waals surface area contributed by atoms with E-state index in [1.807, 2.05) is 30.3 Å². The molecule has 5 nitrogen and oxygen atoms in total. The summed E-state index contributed by atoms with van der Waals surface area (Å²) in [6.45, 7) is 0. The Morgan fingerprint density at radius 3 is 1.93 bits per heavy atom. The Bertz CT molecular complexity index is 2030. The number of aromatic nitrogens is 1. The van der Waals surface area contributed by atoms with Crippen LogP contribution < -0.4 is 11.1 Å². The molecule has 1 aliphatic rings. The van der Waals surface area contributed by atoms with Gasteiger partial charge in [0.2, 0.25) is 5.91 Å². The van der Waals surface area contributed by atoms with E-state index in [2.05, 4.69) is 94.8 Å². The number of benzene rings is 5. The van der Waals surface area contributed by atoms with Crippen molar-refractivity contribution in [2.24, 2.45) is 5.73 Å². The minimum Gasteiger partial charge on any atom is -0.502 e. The minimum atomic E-state index is -0.0554. The largest absolute Gasteiger partial charge is 0.502 e. The van der Waals surface area contributed by atoms with E-state index >= 15 is 0 Å². The Kier molecular flexibility index (Phi) is 5.90. The van der Waals surface area contributed by atoms with Gasteiger partial charge in [-0.25, -0.2) is 0 Å². The number of hydrogen-bond acceptors (Lipinski definition) is 3. The quantitative estimate of drug-likeness (QED) is 0.218. The fourth-order valence-corrected chi connectivity index (χ4v) is 5.59. The predicted octanol–water partition coefficient (Wildman–Crippen LogP) is 7.49. The number of rotatable bonds is 6. The molecule has 2 heterocycles. The van der Waals surface area contributed by atoms with Crippen molar-refractivity contribution in [1.29, 1.82) is 0 Å². The molecule has 5 heteroatoms. The van der Waals surface area contributed by atoms with E-state index in [9.17, 15) is 4.79 Å². The van der Waals surface area contributed by atoms with E-state index < -0.39 is 0 Å². The van der Waals surface area contributed by atoms with Crippen LogP contribution in [0, 0.1) is 0 Å². The maximum Gasteiger partial charge on any atom is 0.250 e. The van der Waals surface area contributed by atoms with E-state index in [1.54, 1.807) is 19.4 Å². The molecule has 0 spiro atoms. The molecule has 0 atom stereocenters. The molecule has 1 aromatic heterocycles. The van der Waals surface area contributed by atoms with Gasteiger partial charge in [0, 0.05) is 28.1 Å². The number of carbonyl (C=O) groups excluding carboxylic acids is 1. The Morgan fingerprint density at radius 2 is 1.29 bits per heavy atom. The number of para-hydroxylation sites is 1. The Morgan fingerprint density at radius 1 is 0.707 bits per heavy atom. The van der Waals surface area contributed by atoms with Gasteiger partial charge >= 0.3 is 0 Å². The van der Waals surface area contributed by atoms with Gasteiger partial charge in [0.25, 0.3) is 0 Å². The average molecular weight is 534 g/mol. The lowest BCUT2D eigenvalue weighted by molar-refractivity contribution is -0.116. The van der Waals surface area contributed by atoms with Crippen molar-refractivity contribution in [3.63, 3.8) is 0 Å². The molecule has 5 aromatic carbocycles. The first-order valence-electron chi connectivity index (χ1n) is 13.5. The van der Waals surface area contributed by atoms with Gasteiger partial charge in [-0.2, -0.15) is 0 Å². The number of amides is 1. The van der Waals surface area contributed by atoms with Crippen molar-refractivity contribution in [2.45, 2.75) is 0 Å². The Hall–Kier alpha value is -5.55. The van der Waals surface area contributed by atoms with Gasteiger partial charge in [-0.1, -0.05) is 78.9 Å². The molecule has 0 saturated carbocycles. The van der Waals surface area contributed by atoms with Crippen LogP contribution in [0.3, 0.4) is 0 Å². The van der Waals surface area contributed by atoms with Gasteiger partial charge in [0.05, 0.1) is 29.5 Å². The first-order valence-corrected chi connectivity index (χ1v) is 13.5. The third kappa shape index (κ3) is 4.34. The van der Waals surface area contributed by atoms with Crippen molar-refractivity contribution in [2.75, 3.05) is 7.11 Å². The average Bonchev–Trinajstić information content (AvgIpc) is 3.33. The summed E-state index contributed by atoms with van der Waals surface area (Å²) < 4.78 is 7.46. The molecule has 0 bridgehead atoms. The Balaban J connectivity index is 1.41. The van der Waals surface area contributed by atoms with Crippen LogP contribution in [0.2, 0.25) is 0 Å². The van der Waals surface area contributed by atoms with E-state index in [0.29, 0.717) is 5.70 Å². The third-order valence-corrected chi connectivity index (χ3v) is 7.60. The molecular formula is C36H27N3O2. The molecule has 198 valence electrons. The number of hydrogen-bond donors (Lipinski definition) is 2. The molecule has 1 amide bonds. The number of nitrogens with two attached hydrogens (primary N) is 1. The van der Waals surface area contributed by atoms with Crippen LogP contribution in [0.4, 0.5) is 0 Å². The van der Waals surface area contributed by atoms with Crippen LogP contribution in [0.15, 0.2) is 128 Å². The van der Waals surface area contributed by atoms with Gasteiger partial charge in [0.1, 0.15) is 6.26 Å². The number of methoxy groups -OCH3 is 1. The highest BCUT2D eigenvalue weighted by atomic mass is 16.5. The summed E-state index contributed by atoms with van der Waals surface area (Å²) >= 11 is 0. The zero-order valence-electron chi connectivity index (χ0n) is 22.5. The smallest absolute Gasteiger partial charge is 0.250 e. The van der Waals surface area contributed by atoms with Crippen molar-refractivity contribution >= 4 is 39.1 Å². The van der Waals surface area contributed by atoms with Crippen LogP contribution in [-0.2, 0) is 9.53 Å². The van der Waals surface area contributed by atoms with Crippen LogP contribution in [-0.4, -0.2) is 17.6 Å². The molecule has 0 fully saturated rings. The molecular weight excluding hydrogens is 506 g/mol. The summed E-state index contributed by atoms with van der Waals surface area (Å²) in [5.41, 5.74) is 17.3. The first-order chi connectivity index (χ1) is 20.1. The zero-order valence-corrected chi connectivity index (χ0v) is 22.5. The molecule has 3 N–H and O–H groups in total. The molecule has 6 aromatic rings. The minimum absolute atomic E-state index is 0.0554. The maximum atomic E-state index is 11.4. The molecule has 0 saturated heterocycles. The van der Waals surface area contributed by atoms with Gasteiger partial charge in [-0.15, -0.1) is 0 Å². The molecule has 0 radical (unpaired) electrons. The normalized spacial score (nSPS) is 13.1. The van der Waals surface area contributed by atoms with E-state index in [4.69, 9.17) is 10.5 Å². The zero-order chi connectivity index (χ0) is 27.9. The van der Waals surface area contributed by atoms with Gasteiger partial charge in [-0.05, 0) is 64.2 Å².